The van der Waals surface area contributed by atoms with Crippen LogP contribution in [0.4, 0.5) is 0 Å². The summed E-state index contributed by atoms with van der Waals surface area (Å²) in [7, 11) is 0. The Kier molecular flexibility index (Phi) is 5.15. The molecule has 3 N–H and O–H groups in total. The molecule has 1 aromatic rings. The number of phenolic OH excluding ortho intramolecular Hbond substituents is 1. The van der Waals surface area contributed by atoms with E-state index in [1.54, 1.807) is 24.4 Å². The summed E-state index contributed by atoms with van der Waals surface area (Å²) in [5, 5.41) is 17.4. The Balaban J connectivity index is 1.78. The van der Waals surface area contributed by atoms with Crippen LogP contribution in [0.1, 0.15) is 37.7 Å². The summed E-state index contributed by atoms with van der Waals surface area (Å²) in [4.78, 5) is 0. The number of rotatable bonds is 3. The summed E-state index contributed by atoms with van der Waals surface area (Å²) in [6, 6.07) is 7.50. The molecule has 0 saturated heterocycles. The Morgan fingerprint density at radius 2 is 2.00 bits per heavy atom. The number of hydrogen-bond acceptors (Lipinski definition) is 3. The van der Waals surface area contributed by atoms with E-state index in [2.05, 4.69) is 15.8 Å². The van der Waals surface area contributed by atoms with Crippen molar-refractivity contribution >= 4 is 23.5 Å². The molecule has 0 aliphatic heterocycles. The molecular formula is C14H19N3OS. The maximum atomic E-state index is 9.57. The van der Waals surface area contributed by atoms with Crippen molar-refractivity contribution in [1.29, 1.82) is 0 Å². The molecule has 0 unspecified atom stereocenters. The highest BCUT2D eigenvalue weighted by Gasteiger charge is 2.13. The molecule has 0 bridgehead atoms. The molecule has 102 valence electrons. The highest BCUT2D eigenvalue weighted by Crippen LogP contribution is 2.17. The molecule has 1 fully saturated rings. The van der Waals surface area contributed by atoms with Gasteiger partial charge in [0.05, 0.1) is 6.21 Å². The van der Waals surface area contributed by atoms with E-state index in [-0.39, 0.29) is 5.75 Å². The second kappa shape index (κ2) is 7.09. The first-order chi connectivity index (χ1) is 9.25. The van der Waals surface area contributed by atoms with Gasteiger partial charge in [-0.25, -0.2) is 0 Å². The van der Waals surface area contributed by atoms with Gasteiger partial charge in [-0.3, -0.25) is 5.43 Å². The van der Waals surface area contributed by atoms with Crippen molar-refractivity contribution in [3.63, 3.8) is 0 Å². The zero-order valence-electron chi connectivity index (χ0n) is 10.8. The minimum absolute atomic E-state index is 0.208. The molecule has 0 radical (unpaired) electrons. The van der Waals surface area contributed by atoms with Crippen LogP contribution in [0, 0.1) is 0 Å². The van der Waals surface area contributed by atoms with Gasteiger partial charge in [-0.1, -0.05) is 31.4 Å². The quantitative estimate of drug-likeness (QED) is 0.451. The summed E-state index contributed by atoms with van der Waals surface area (Å²) >= 11 is 5.18. The highest BCUT2D eigenvalue weighted by molar-refractivity contribution is 7.80. The van der Waals surface area contributed by atoms with Crippen molar-refractivity contribution in [1.82, 2.24) is 10.7 Å². The molecule has 4 nitrogen and oxygen atoms in total. The van der Waals surface area contributed by atoms with E-state index in [4.69, 9.17) is 12.2 Å². The minimum atomic E-state index is 0.208. The minimum Gasteiger partial charge on any atom is -0.507 e. The van der Waals surface area contributed by atoms with Crippen molar-refractivity contribution in [2.75, 3.05) is 0 Å². The van der Waals surface area contributed by atoms with Crippen LogP contribution in [0.3, 0.4) is 0 Å². The van der Waals surface area contributed by atoms with Crippen LogP contribution in [0.5, 0.6) is 5.75 Å². The van der Waals surface area contributed by atoms with Gasteiger partial charge in [0.15, 0.2) is 5.11 Å². The molecule has 2 rings (SSSR count). The average molecular weight is 277 g/mol. The molecule has 5 heteroatoms. The van der Waals surface area contributed by atoms with Crippen LogP contribution in [0.2, 0.25) is 0 Å². The highest BCUT2D eigenvalue weighted by atomic mass is 32.1. The second-order valence-corrected chi connectivity index (χ2v) is 5.15. The van der Waals surface area contributed by atoms with Gasteiger partial charge in [0.2, 0.25) is 0 Å². The normalized spacial score (nSPS) is 16.4. The lowest BCUT2D eigenvalue weighted by Gasteiger charge is -2.23. The monoisotopic (exact) mass is 277 g/mol. The Morgan fingerprint density at radius 1 is 1.26 bits per heavy atom. The number of nitrogens with one attached hydrogen (secondary N) is 2. The third-order valence-electron chi connectivity index (χ3n) is 3.25. The number of benzene rings is 1. The number of phenols is 1. The van der Waals surface area contributed by atoms with E-state index >= 15 is 0 Å². The number of hydrogen-bond donors (Lipinski definition) is 3. The van der Waals surface area contributed by atoms with Crippen LogP contribution < -0.4 is 10.7 Å². The fourth-order valence-corrected chi connectivity index (χ4v) is 2.44. The molecule has 1 aliphatic carbocycles. The van der Waals surface area contributed by atoms with E-state index < -0.39 is 0 Å². The first-order valence-corrected chi connectivity index (χ1v) is 7.04. The predicted molar refractivity (Wildman–Crippen MR) is 81.4 cm³/mol. The average Bonchev–Trinajstić information content (AvgIpc) is 2.42. The largest absolute Gasteiger partial charge is 0.507 e. The molecule has 1 saturated carbocycles. The summed E-state index contributed by atoms with van der Waals surface area (Å²) < 4.78 is 0. The van der Waals surface area contributed by atoms with Gasteiger partial charge in [-0.2, -0.15) is 5.10 Å². The van der Waals surface area contributed by atoms with Crippen molar-refractivity contribution in [2.24, 2.45) is 5.10 Å². The van der Waals surface area contributed by atoms with Crippen molar-refractivity contribution in [3.8, 4) is 5.75 Å². The maximum Gasteiger partial charge on any atom is 0.187 e. The van der Waals surface area contributed by atoms with E-state index in [9.17, 15) is 5.11 Å². The number of aromatic hydroxyl groups is 1. The van der Waals surface area contributed by atoms with Crippen LogP contribution in [0.15, 0.2) is 29.4 Å². The summed E-state index contributed by atoms with van der Waals surface area (Å²) in [5.74, 6) is 0.208. The summed E-state index contributed by atoms with van der Waals surface area (Å²) in [6.45, 7) is 0. The van der Waals surface area contributed by atoms with Crippen LogP contribution >= 0.6 is 12.2 Å². The van der Waals surface area contributed by atoms with Gasteiger partial charge >= 0.3 is 0 Å². The van der Waals surface area contributed by atoms with Gasteiger partial charge in [0.25, 0.3) is 0 Å². The van der Waals surface area contributed by atoms with Gasteiger partial charge in [0.1, 0.15) is 5.75 Å². The SMILES string of the molecule is Oc1ccccc1/C=N\NC(=S)NC1CCCCC1. The van der Waals surface area contributed by atoms with Crippen molar-refractivity contribution in [2.45, 2.75) is 38.1 Å². The number of hydrazone groups is 1. The lowest BCUT2D eigenvalue weighted by atomic mass is 9.96. The van der Waals surface area contributed by atoms with E-state index in [0.29, 0.717) is 16.7 Å². The van der Waals surface area contributed by atoms with Gasteiger partial charge < -0.3 is 10.4 Å². The van der Waals surface area contributed by atoms with Crippen molar-refractivity contribution < 1.29 is 5.11 Å². The van der Waals surface area contributed by atoms with Gasteiger partial charge in [0, 0.05) is 11.6 Å². The molecule has 1 aliphatic rings. The topological polar surface area (TPSA) is 56.7 Å². The maximum absolute atomic E-state index is 9.57. The van der Waals surface area contributed by atoms with Crippen LogP contribution in [-0.2, 0) is 0 Å². The predicted octanol–water partition coefficient (Wildman–Crippen LogP) is 2.52. The lowest BCUT2D eigenvalue weighted by Crippen LogP contribution is -2.40. The zero-order chi connectivity index (χ0) is 13.5. The second-order valence-electron chi connectivity index (χ2n) is 4.74. The summed E-state index contributed by atoms with van der Waals surface area (Å²) in [5.41, 5.74) is 3.45. The Labute approximate surface area is 118 Å². The molecule has 0 amide bonds. The number of para-hydroxylation sites is 1. The first kappa shape index (κ1) is 13.8. The fraction of sp³-hybridized carbons (Fsp3) is 0.429. The molecule has 0 aromatic heterocycles. The first-order valence-electron chi connectivity index (χ1n) is 6.63. The lowest BCUT2D eigenvalue weighted by molar-refractivity contribution is 0.412. The molecule has 0 atom stereocenters. The van der Waals surface area contributed by atoms with Crippen LogP contribution in [0.25, 0.3) is 0 Å². The molecule has 0 spiro atoms. The van der Waals surface area contributed by atoms with E-state index in [0.717, 1.165) is 0 Å². The molecule has 19 heavy (non-hydrogen) atoms. The molecular weight excluding hydrogens is 258 g/mol. The fourth-order valence-electron chi connectivity index (χ4n) is 2.22. The molecule has 0 heterocycles. The summed E-state index contributed by atoms with van der Waals surface area (Å²) in [6.07, 6.45) is 7.76. The third-order valence-corrected chi connectivity index (χ3v) is 3.46. The number of thiocarbonyl (C=S) groups is 1. The standard InChI is InChI=1S/C14H19N3OS/c18-13-9-5-4-6-11(13)10-15-17-14(19)16-12-7-2-1-3-8-12/h4-6,9-10,12,18H,1-3,7-8H2,(H2,16,17,19)/b15-10-. The Hall–Kier alpha value is -1.62. The Bertz CT molecular complexity index is 456. The van der Waals surface area contributed by atoms with Crippen molar-refractivity contribution in [3.05, 3.63) is 29.8 Å². The van der Waals surface area contributed by atoms with Gasteiger partial charge in [-0.05, 0) is 37.2 Å². The van der Waals surface area contributed by atoms with Crippen LogP contribution in [-0.4, -0.2) is 22.5 Å². The molecule has 1 aromatic carbocycles. The zero-order valence-corrected chi connectivity index (χ0v) is 11.6. The number of nitrogens with zero attached hydrogens (tertiary/aromatic N) is 1. The van der Waals surface area contributed by atoms with E-state index in [1.807, 2.05) is 6.07 Å². The smallest absolute Gasteiger partial charge is 0.187 e. The van der Waals surface area contributed by atoms with Gasteiger partial charge in [-0.15, -0.1) is 0 Å². The van der Waals surface area contributed by atoms with E-state index in [1.165, 1.54) is 32.1 Å². The Morgan fingerprint density at radius 3 is 2.74 bits per heavy atom. The third kappa shape index (κ3) is 4.52.